The van der Waals surface area contributed by atoms with Crippen LogP contribution in [0.25, 0.3) is 17.1 Å². The summed E-state index contributed by atoms with van der Waals surface area (Å²) >= 11 is 2.96. The van der Waals surface area contributed by atoms with Gasteiger partial charge in [-0.2, -0.15) is 9.38 Å². The molecule has 3 aromatic heterocycles. The zero-order chi connectivity index (χ0) is 12.5. The molecule has 0 aliphatic heterocycles. The van der Waals surface area contributed by atoms with Gasteiger partial charge in [0.2, 0.25) is 0 Å². The lowest BCUT2D eigenvalue weighted by molar-refractivity contribution is -0.390. The predicted molar refractivity (Wildman–Crippen MR) is 73.0 cm³/mol. The van der Waals surface area contributed by atoms with E-state index in [0.29, 0.717) is 10.7 Å². The van der Waals surface area contributed by atoms with E-state index in [4.69, 9.17) is 0 Å². The number of rotatable bonds is 3. The first-order valence-electron chi connectivity index (χ1n) is 5.07. The van der Waals surface area contributed by atoms with Crippen molar-refractivity contribution in [2.45, 2.75) is 0 Å². The van der Waals surface area contributed by atoms with Crippen molar-refractivity contribution < 1.29 is 4.92 Å². The summed E-state index contributed by atoms with van der Waals surface area (Å²) in [4.78, 5) is 16.6. The molecule has 7 heteroatoms. The van der Waals surface area contributed by atoms with Gasteiger partial charge in [-0.15, -0.1) is 11.3 Å². The highest BCUT2D eigenvalue weighted by atomic mass is 32.1. The summed E-state index contributed by atoms with van der Waals surface area (Å²) in [6.07, 6.45) is 5.18. The first-order chi connectivity index (χ1) is 8.75. The monoisotopic (exact) mass is 277 g/mol. The van der Waals surface area contributed by atoms with Gasteiger partial charge in [0.05, 0.1) is 0 Å². The van der Waals surface area contributed by atoms with Crippen LogP contribution in [0.5, 0.6) is 0 Å². The molecular weight excluding hydrogens is 270 g/mol. The molecule has 0 fully saturated rings. The van der Waals surface area contributed by atoms with Gasteiger partial charge in [0.25, 0.3) is 4.96 Å². The van der Waals surface area contributed by atoms with Crippen LogP contribution in [0.15, 0.2) is 29.1 Å². The highest BCUT2D eigenvalue weighted by molar-refractivity contribution is 7.15. The molecule has 90 valence electrons. The lowest BCUT2D eigenvalue weighted by Crippen LogP contribution is -1.93. The summed E-state index contributed by atoms with van der Waals surface area (Å²) in [5.74, 6) is 0.0130. The molecule has 0 N–H and O–H groups in total. The molecule has 3 heterocycles. The molecule has 0 bridgehead atoms. The largest absolute Gasteiger partial charge is 0.358 e. The minimum atomic E-state index is -0.402. The maximum absolute atomic E-state index is 11.1. The molecule has 0 saturated carbocycles. The summed E-state index contributed by atoms with van der Waals surface area (Å²) in [5, 5.41) is 14.8. The molecule has 5 nitrogen and oxygen atoms in total. The van der Waals surface area contributed by atoms with Crippen LogP contribution in [0, 0.1) is 10.1 Å². The number of nitro groups is 1. The van der Waals surface area contributed by atoms with Gasteiger partial charge in [0.15, 0.2) is 5.69 Å². The van der Waals surface area contributed by atoms with Crippen molar-refractivity contribution in [3.8, 4) is 0 Å². The molecule has 3 rings (SSSR count). The fraction of sp³-hybridized carbons (Fsp3) is 0. The van der Waals surface area contributed by atoms with Crippen molar-refractivity contribution in [2.75, 3.05) is 0 Å². The van der Waals surface area contributed by atoms with Crippen molar-refractivity contribution in [3.63, 3.8) is 0 Å². The van der Waals surface area contributed by atoms with Gasteiger partial charge in [-0.3, -0.25) is 0 Å². The second-order valence-corrected chi connectivity index (χ2v) is 5.33. The van der Waals surface area contributed by atoms with Crippen molar-refractivity contribution in [1.29, 1.82) is 0 Å². The number of nitrogens with zero attached hydrogens (tertiary/aromatic N) is 3. The topological polar surface area (TPSA) is 60.4 Å². The summed E-state index contributed by atoms with van der Waals surface area (Å²) in [6.45, 7) is 0. The summed E-state index contributed by atoms with van der Waals surface area (Å²) in [6, 6.07) is 3.88. The molecule has 0 unspecified atom stereocenters. The third-order valence-electron chi connectivity index (χ3n) is 2.38. The van der Waals surface area contributed by atoms with Gasteiger partial charge in [0.1, 0.15) is 6.20 Å². The van der Waals surface area contributed by atoms with Crippen LogP contribution in [0.4, 0.5) is 5.82 Å². The number of hydrogen-bond donors (Lipinski definition) is 0. The molecule has 0 amide bonds. The van der Waals surface area contributed by atoms with E-state index in [9.17, 15) is 10.1 Å². The van der Waals surface area contributed by atoms with E-state index in [0.717, 1.165) is 4.88 Å². The van der Waals surface area contributed by atoms with E-state index in [1.807, 2.05) is 23.6 Å². The van der Waals surface area contributed by atoms with E-state index in [1.165, 1.54) is 15.7 Å². The Morgan fingerprint density at radius 1 is 1.33 bits per heavy atom. The molecule has 0 radical (unpaired) electrons. The zero-order valence-corrected chi connectivity index (χ0v) is 10.6. The Morgan fingerprint density at radius 2 is 2.22 bits per heavy atom. The Kier molecular flexibility index (Phi) is 2.69. The molecule has 0 aromatic carbocycles. The molecule has 0 spiro atoms. The van der Waals surface area contributed by atoms with Crippen molar-refractivity contribution in [2.24, 2.45) is 0 Å². The first-order valence-corrected chi connectivity index (χ1v) is 6.83. The van der Waals surface area contributed by atoms with Crippen LogP contribution in [0.3, 0.4) is 0 Å². The SMILES string of the molecule is O=[N+]([O-])c1c(C=Cc2cccs2)nc2sccn12. The Hall–Kier alpha value is -1.99. The van der Waals surface area contributed by atoms with Gasteiger partial charge in [-0.1, -0.05) is 17.4 Å². The Morgan fingerprint density at radius 3 is 2.94 bits per heavy atom. The average Bonchev–Trinajstić information content (AvgIpc) is 3.01. The van der Waals surface area contributed by atoms with E-state index >= 15 is 0 Å². The second-order valence-electron chi connectivity index (χ2n) is 3.48. The quantitative estimate of drug-likeness (QED) is 0.543. The third-order valence-corrected chi connectivity index (χ3v) is 3.98. The zero-order valence-electron chi connectivity index (χ0n) is 9.02. The fourth-order valence-electron chi connectivity index (χ4n) is 1.63. The minimum absolute atomic E-state index is 0.0130. The summed E-state index contributed by atoms with van der Waals surface area (Å²) < 4.78 is 1.50. The van der Waals surface area contributed by atoms with Crippen molar-refractivity contribution in [1.82, 2.24) is 9.38 Å². The predicted octanol–water partition coefficient (Wildman–Crippen LogP) is 3.54. The lowest BCUT2D eigenvalue weighted by Gasteiger charge is -1.92. The summed E-state index contributed by atoms with van der Waals surface area (Å²) in [5.41, 5.74) is 0.389. The lowest BCUT2D eigenvalue weighted by atomic mass is 10.3. The number of fused-ring (bicyclic) bond motifs is 1. The molecule has 3 aromatic rings. The van der Waals surface area contributed by atoms with Gasteiger partial charge in [0, 0.05) is 10.3 Å². The van der Waals surface area contributed by atoms with Crippen molar-refractivity contribution in [3.05, 3.63) is 49.8 Å². The average molecular weight is 277 g/mol. The molecule has 0 aliphatic rings. The van der Waals surface area contributed by atoms with E-state index in [1.54, 1.807) is 29.0 Å². The Balaban J connectivity index is 2.08. The van der Waals surface area contributed by atoms with Gasteiger partial charge < -0.3 is 10.1 Å². The van der Waals surface area contributed by atoms with Gasteiger partial charge in [-0.25, -0.2) is 0 Å². The number of aromatic nitrogens is 2. The second kappa shape index (κ2) is 4.35. The van der Waals surface area contributed by atoms with Crippen LogP contribution in [0.2, 0.25) is 0 Å². The van der Waals surface area contributed by atoms with E-state index in [-0.39, 0.29) is 5.82 Å². The number of hydrogen-bond acceptors (Lipinski definition) is 5. The highest BCUT2D eigenvalue weighted by Crippen LogP contribution is 2.25. The normalized spacial score (nSPS) is 11.6. The number of thiazole rings is 1. The number of thiophene rings is 1. The van der Waals surface area contributed by atoms with Crippen LogP contribution in [0.1, 0.15) is 10.6 Å². The van der Waals surface area contributed by atoms with Gasteiger partial charge >= 0.3 is 5.82 Å². The molecule has 18 heavy (non-hydrogen) atoms. The Bertz CT molecular complexity index is 725. The van der Waals surface area contributed by atoms with E-state index in [2.05, 4.69) is 4.98 Å². The van der Waals surface area contributed by atoms with Crippen LogP contribution >= 0.6 is 22.7 Å². The van der Waals surface area contributed by atoms with Crippen LogP contribution < -0.4 is 0 Å². The molecule has 0 saturated heterocycles. The van der Waals surface area contributed by atoms with Crippen LogP contribution in [-0.4, -0.2) is 14.3 Å². The Labute approximate surface area is 110 Å². The highest BCUT2D eigenvalue weighted by Gasteiger charge is 2.21. The van der Waals surface area contributed by atoms with E-state index < -0.39 is 4.92 Å². The standard InChI is InChI=1S/C11H7N3O2S2/c15-14(16)10-9(4-3-8-2-1-6-17-8)12-11-13(10)5-7-18-11/h1-7H. The maximum atomic E-state index is 11.1. The van der Waals surface area contributed by atoms with Crippen molar-refractivity contribution >= 4 is 45.6 Å². The van der Waals surface area contributed by atoms with Gasteiger partial charge in [-0.05, 0) is 28.5 Å². The molecule has 0 aliphatic carbocycles. The first kappa shape index (κ1) is 11.1. The number of imidazole rings is 1. The third kappa shape index (κ3) is 1.83. The maximum Gasteiger partial charge on any atom is 0.356 e. The molecule has 0 atom stereocenters. The molecular formula is C11H7N3O2S2. The van der Waals surface area contributed by atoms with Crippen LogP contribution in [-0.2, 0) is 0 Å². The smallest absolute Gasteiger partial charge is 0.356 e. The summed E-state index contributed by atoms with van der Waals surface area (Å²) in [7, 11) is 0. The minimum Gasteiger partial charge on any atom is -0.358 e. The fourth-order valence-corrected chi connectivity index (χ4v) is 2.97.